The first-order valence-electron chi connectivity index (χ1n) is 8.65. The number of carboxylic acid groups (broad SMARTS) is 2. The van der Waals surface area contributed by atoms with Gasteiger partial charge in [-0.15, -0.1) is 0 Å². The minimum atomic E-state index is -4.13. The number of H-pyrrole nitrogens is 1. The maximum Gasteiger partial charge on any atom is 0.342 e. The van der Waals surface area contributed by atoms with Gasteiger partial charge >= 0.3 is 22.1 Å². The van der Waals surface area contributed by atoms with Gasteiger partial charge in [-0.25, -0.2) is 9.59 Å². The van der Waals surface area contributed by atoms with Crippen molar-refractivity contribution in [2.75, 3.05) is 5.73 Å². The Hall–Kier alpha value is -4.12. The van der Waals surface area contributed by atoms with E-state index in [-0.39, 0.29) is 16.2 Å². The van der Waals surface area contributed by atoms with E-state index in [1.165, 1.54) is 36.4 Å². The molecule has 0 unspecified atom stereocenters. The normalized spacial score (nSPS) is 11.1. The summed E-state index contributed by atoms with van der Waals surface area (Å²) >= 11 is 0. The number of rotatable bonds is 6. The molecule has 10 nitrogen and oxygen atoms in total. The van der Waals surface area contributed by atoms with Gasteiger partial charge in [0.2, 0.25) is 0 Å². The van der Waals surface area contributed by atoms with Crippen LogP contribution in [0.4, 0.5) is 5.82 Å². The Labute approximate surface area is 175 Å². The molecule has 5 N–H and O–H groups in total. The molecular formula is C20H16N2O8S. The van der Waals surface area contributed by atoms with E-state index in [1.54, 1.807) is 19.1 Å². The van der Waals surface area contributed by atoms with Crippen LogP contribution in [0.15, 0.2) is 58.2 Å². The summed E-state index contributed by atoms with van der Waals surface area (Å²) in [4.78, 5) is 37.2. The lowest BCUT2D eigenvalue weighted by molar-refractivity contribution is 0.0695. The summed E-state index contributed by atoms with van der Waals surface area (Å²) in [6.45, 7) is 1.80. The molecule has 160 valence electrons. The van der Waals surface area contributed by atoms with Crippen molar-refractivity contribution in [3.8, 4) is 16.9 Å². The molecule has 3 aromatic rings. The minimum absolute atomic E-state index is 0.0210. The van der Waals surface area contributed by atoms with Crippen LogP contribution in [0.5, 0.6) is 5.75 Å². The predicted octanol–water partition coefficient (Wildman–Crippen LogP) is 2.10. The Kier molecular flexibility index (Phi) is 5.54. The van der Waals surface area contributed by atoms with E-state index < -0.39 is 50.1 Å². The van der Waals surface area contributed by atoms with Crippen molar-refractivity contribution in [3.63, 3.8) is 0 Å². The van der Waals surface area contributed by atoms with Crippen LogP contribution < -0.4 is 15.5 Å². The van der Waals surface area contributed by atoms with E-state index >= 15 is 0 Å². The number of nitrogen functional groups attached to an aromatic ring is 1. The van der Waals surface area contributed by atoms with Crippen LogP contribution in [-0.2, 0) is 10.1 Å². The quantitative estimate of drug-likeness (QED) is 0.414. The fourth-order valence-corrected chi connectivity index (χ4v) is 3.82. The van der Waals surface area contributed by atoms with Gasteiger partial charge in [0, 0.05) is 5.56 Å². The molecule has 0 amide bonds. The number of aromatic amines is 1. The molecule has 2 aromatic carbocycles. The fourth-order valence-electron chi connectivity index (χ4n) is 2.89. The Morgan fingerprint density at radius 2 is 1.48 bits per heavy atom. The molecule has 1 aromatic heterocycles. The number of carboxylic acids is 2. The number of aromatic carboxylic acids is 2. The second-order valence-corrected chi connectivity index (χ2v) is 8.02. The van der Waals surface area contributed by atoms with Crippen molar-refractivity contribution >= 4 is 27.9 Å². The zero-order valence-electron chi connectivity index (χ0n) is 15.9. The van der Waals surface area contributed by atoms with Crippen LogP contribution in [0.3, 0.4) is 0 Å². The smallest absolute Gasteiger partial charge is 0.342 e. The van der Waals surface area contributed by atoms with E-state index in [0.29, 0.717) is 0 Å². The summed E-state index contributed by atoms with van der Waals surface area (Å²) in [5.41, 5.74) is 3.57. The number of nitrogens with two attached hydrogens (primary N) is 1. The predicted molar refractivity (Wildman–Crippen MR) is 110 cm³/mol. The number of hydrogen-bond acceptors (Lipinski definition) is 7. The van der Waals surface area contributed by atoms with Gasteiger partial charge in [0.15, 0.2) is 0 Å². The minimum Gasteiger partial charge on any atom is -0.478 e. The fraction of sp³-hybridized carbons (Fsp3) is 0.0500. The summed E-state index contributed by atoms with van der Waals surface area (Å²) in [6, 6.07) is 10.9. The molecule has 1 heterocycles. The van der Waals surface area contributed by atoms with Gasteiger partial charge in [-0.05, 0) is 36.8 Å². The lowest BCUT2D eigenvalue weighted by atomic mass is 9.95. The van der Waals surface area contributed by atoms with Crippen LogP contribution in [0.1, 0.15) is 26.3 Å². The SMILES string of the molecule is Cc1ccc(S(=O)(=O)Oc2ccc(-c3c(C(=O)O)c(N)[nH]c(=O)c3C(=O)O)cc2)cc1. The Morgan fingerprint density at radius 3 is 2.00 bits per heavy atom. The molecule has 11 heteroatoms. The highest BCUT2D eigenvalue weighted by atomic mass is 32.2. The average molecular weight is 444 g/mol. The molecule has 0 saturated heterocycles. The number of nitrogens with one attached hydrogen (secondary N) is 1. The van der Waals surface area contributed by atoms with E-state index in [4.69, 9.17) is 9.92 Å². The van der Waals surface area contributed by atoms with Gasteiger partial charge in [0.1, 0.15) is 27.6 Å². The van der Waals surface area contributed by atoms with Crippen molar-refractivity contribution in [2.24, 2.45) is 0 Å². The van der Waals surface area contributed by atoms with E-state index in [0.717, 1.165) is 5.56 Å². The highest BCUT2D eigenvalue weighted by Gasteiger charge is 2.26. The van der Waals surface area contributed by atoms with Crippen molar-refractivity contribution < 1.29 is 32.4 Å². The van der Waals surface area contributed by atoms with Gasteiger partial charge in [-0.3, -0.25) is 4.79 Å². The summed E-state index contributed by atoms with van der Waals surface area (Å²) in [5.74, 6) is -3.81. The molecule has 3 rings (SSSR count). The lowest BCUT2D eigenvalue weighted by Crippen LogP contribution is -2.24. The maximum absolute atomic E-state index is 12.4. The van der Waals surface area contributed by atoms with Crippen LogP contribution in [0, 0.1) is 6.92 Å². The zero-order valence-corrected chi connectivity index (χ0v) is 16.8. The second kappa shape index (κ2) is 7.95. The Morgan fingerprint density at radius 1 is 0.935 bits per heavy atom. The monoisotopic (exact) mass is 444 g/mol. The van der Waals surface area contributed by atoms with E-state index in [1.807, 2.05) is 4.98 Å². The van der Waals surface area contributed by atoms with Gasteiger partial charge in [0.25, 0.3) is 5.56 Å². The van der Waals surface area contributed by atoms with Crippen LogP contribution in [0.2, 0.25) is 0 Å². The van der Waals surface area contributed by atoms with E-state index in [9.17, 15) is 33.0 Å². The van der Waals surface area contributed by atoms with Gasteiger partial charge in [-0.1, -0.05) is 29.8 Å². The first-order chi connectivity index (χ1) is 14.5. The lowest BCUT2D eigenvalue weighted by Gasteiger charge is -2.13. The molecule has 0 spiro atoms. The average Bonchev–Trinajstić information content (AvgIpc) is 2.67. The largest absolute Gasteiger partial charge is 0.478 e. The number of anilines is 1. The third-order valence-corrected chi connectivity index (χ3v) is 5.59. The number of aryl methyl sites for hydroxylation is 1. The molecule has 0 aliphatic rings. The highest BCUT2D eigenvalue weighted by Crippen LogP contribution is 2.31. The maximum atomic E-state index is 12.4. The molecule has 0 fully saturated rings. The molecule has 0 aliphatic heterocycles. The van der Waals surface area contributed by atoms with Crippen molar-refractivity contribution in [2.45, 2.75) is 11.8 Å². The van der Waals surface area contributed by atoms with Gasteiger partial charge < -0.3 is 25.1 Å². The highest BCUT2D eigenvalue weighted by molar-refractivity contribution is 7.87. The molecule has 0 saturated carbocycles. The number of hydrogen-bond donors (Lipinski definition) is 4. The van der Waals surface area contributed by atoms with Crippen LogP contribution >= 0.6 is 0 Å². The number of carbonyl (C=O) groups is 2. The Balaban J connectivity index is 2.06. The summed E-state index contributed by atoms with van der Waals surface area (Å²) in [5, 5.41) is 18.9. The number of pyridine rings is 1. The van der Waals surface area contributed by atoms with Crippen LogP contribution in [0.25, 0.3) is 11.1 Å². The molecule has 0 aliphatic carbocycles. The number of benzene rings is 2. The second-order valence-electron chi connectivity index (χ2n) is 6.48. The Bertz CT molecular complexity index is 1340. The van der Waals surface area contributed by atoms with Gasteiger partial charge in [0.05, 0.1) is 0 Å². The third-order valence-electron chi connectivity index (χ3n) is 4.33. The summed E-state index contributed by atoms with van der Waals surface area (Å²) in [6.07, 6.45) is 0. The molecule has 0 atom stereocenters. The van der Waals surface area contributed by atoms with E-state index in [2.05, 4.69) is 0 Å². The number of aromatic nitrogens is 1. The van der Waals surface area contributed by atoms with Crippen molar-refractivity contribution in [1.29, 1.82) is 0 Å². The molecule has 31 heavy (non-hydrogen) atoms. The first-order valence-corrected chi connectivity index (χ1v) is 10.1. The van der Waals surface area contributed by atoms with Crippen LogP contribution in [-0.4, -0.2) is 35.6 Å². The molecule has 0 radical (unpaired) electrons. The molecule has 0 bridgehead atoms. The van der Waals surface area contributed by atoms with Gasteiger partial charge in [-0.2, -0.15) is 8.42 Å². The van der Waals surface area contributed by atoms with Crippen molar-refractivity contribution in [1.82, 2.24) is 4.98 Å². The standard InChI is InChI=1S/C20H16N2O8S/c1-10-2-8-13(9-3-10)31(28,29)30-12-6-4-11(5-7-12)14-15(19(24)25)17(21)22-18(23)16(14)20(26)27/h2-9H,1H3,(H,24,25)(H,26,27)(H3,21,22,23). The third kappa shape index (κ3) is 4.26. The topological polar surface area (TPSA) is 177 Å². The molecular weight excluding hydrogens is 428 g/mol. The zero-order chi connectivity index (χ0) is 22.9. The summed E-state index contributed by atoms with van der Waals surface area (Å²) < 4.78 is 29.9. The summed E-state index contributed by atoms with van der Waals surface area (Å²) in [7, 11) is -4.13. The van der Waals surface area contributed by atoms with Crippen molar-refractivity contribution in [3.05, 3.63) is 75.6 Å². The first kappa shape index (κ1) is 21.6.